The number of benzene rings is 1. The zero-order valence-electron chi connectivity index (χ0n) is 11.8. The molecule has 1 aromatic heterocycles. The third-order valence-corrected chi connectivity index (χ3v) is 3.83. The summed E-state index contributed by atoms with van der Waals surface area (Å²) in [6, 6.07) is 7.84. The summed E-state index contributed by atoms with van der Waals surface area (Å²) in [6.45, 7) is 4.95. The van der Waals surface area contributed by atoms with Crippen LogP contribution in [-0.4, -0.2) is 22.9 Å². The molecule has 0 saturated carbocycles. The van der Waals surface area contributed by atoms with Crippen molar-refractivity contribution in [3.8, 4) is 0 Å². The minimum Gasteiger partial charge on any atom is -0.315 e. The van der Waals surface area contributed by atoms with E-state index in [-0.39, 0.29) is 11.6 Å². The molecule has 1 aromatic carbocycles. The molecule has 1 heterocycles. The standard InChI is InChI=1S/C15H21N3O/c1-4-11(2)14(16-3)10-18-15(19)13-8-6-5-7-12(13)9-17-18/h5-9,11,14,16H,4,10H2,1-3H3. The molecule has 2 rings (SSSR count). The zero-order chi connectivity index (χ0) is 13.8. The minimum atomic E-state index is -0.0124. The maximum atomic E-state index is 12.4. The summed E-state index contributed by atoms with van der Waals surface area (Å²) in [4.78, 5) is 12.4. The second-order valence-electron chi connectivity index (χ2n) is 5.00. The van der Waals surface area contributed by atoms with Crippen molar-refractivity contribution in [2.75, 3.05) is 7.05 Å². The van der Waals surface area contributed by atoms with Crippen molar-refractivity contribution in [2.45, 2.75) is 32.9 Å². The normalized spacial score (nSPS) is 14.5. The summed E-state index contributed by atoms with van der Waals surface area (Å²) >= 11 is 0. The Hall–Kier alpha value is -1.68. The van der Waals surface area contributed by atoms with E-state index >= 15 is 0 Å². The molecular formula is C15H21N3O. The second-order valence-corrected chi connectivity index (χ2v) is 5.00. The Bertz CT molecular complexity index is 606. The van der Waals surface area contributed by atoms with Crippen LogP contribution in [0.3, 0.4) is 0 Å². The lowest BCUT2D eigenvalue weighted by Crippen LogP contribution is -2.39. The number of hydrogen-bond acceptors (Lipinski definition) is 3. The van der Waals surface area contributed by atoms with Crippen LogP contribution in [0.2, 0.25) is 0 Å². The lowest BCUT2D eigenvalue weighted by Gasteiger charge is -2.22. The van der Waals surface area contributed by atoms with Gasteiger partial charge in [0.15, 0.2) is 0 Å². The van der Waals surface area contributed by atoms with Crippen LogP contribution in [0.25, 0.3) is 10.8 Å². The van der Waals surface area contributed by atoms with E-state index in [1.807, 2.05) is 31.3 Å². The van der Waals surface area contributed by atoms with E-state index in [0.29, 0.717) is 12.5 Å². The molecule has 1 N–H and O–H groups in total. The van der Waals surface area contributed by atoms with Gasteiger partial charge in [0.1, 0.15) is 0 Å². The SMILES string of the molecule is CCC(C)C(Cn1ncc2ccccc2c1=O)NC. The first-order valence-corrected chi connectivity index (χ1v) is 6.79. The minimum absolute atomic E-state index is 0.0124. The topological polar surface area (TPSA) is 46.9 Å². The first kappa shape index (κ1) is 13.7. The molecule has 0 aliphatic carbocycles. The third kappa shape index (κ3) is 2.84. The molecule has 0 saturated heterocycles. The van der Waals surface area contributed by atoms with Crippen LogP contribution in [-0.2, 0) is 6.54 Å². The fourth-order valence-electron chi connectivity index (χ4n) is 2.28. The Morgan fingerprint density at radius 3 is 2.79 bits per heavy atom. The van der Waals surface area contributed by atoms with Crippen molar-refractivity contribution in [3.05, 3.63) is 40.8 Å². The van der Waals surface area contributed by atoms with Crippen molar-refractivity contribution < 1.29 is 0 Å². The Kier molecular flexibility index (Phi) is 4.32. The molecule has 0 amide bonds. The smallest absolute Gasteiger partial charge is 0.274 e. The van der Waals surface area contributed by atoms with E-state index < -0.39 is 0 Å². The highest BCUT2D eigenvalue weighted by Crippen LogP contribution is 2.10. The summed E-state index contributed by atoms with van der Waals surface area (Å²) in [5.74, 6) is 0.505. The summed E-state index contributed by atoms with van der Waals surface area (Å²) < 4.78 is 1.57. The fourth-order valence-corrected chi connectivity index (χ4v) is 2.28. The van der Waals surface area contributed by atoms with Crippen molar-refractivity contribution >= 4 is 10.8 Å². The first-order valence-electron chi connectivity index (χ1n) is 6.79. The maximum Gasteiger partial charge on any atom is 0.274 e. The molecular weight excluding hydrogens is 238 g/mol. The van der Waals surface area contributed by atoms with Crippen LogP contribution in [0.15, 0.2) is 35.3 Å². The second kappa shape index (κ2) is 5.97. The average Bonchev–Trinajstić information content (AvgIpc) is 2.46. The van der Waals surface area contributed by atoms with E-state index in [1.54, 1.807) is 10.9 Å². The number of nitrogens with zero attached hydrogens (tertiary/aromatic N) is 2. The zero-order valence-corrected chi connectivity index (χ0v) is 11.8. The van der Waals surface area contributed by atoms with Crippen LogP contribution in [0.4, 0.5) is 0 Å². The van der Waals surface area contributed by atoms with Crippen LogP contribution < -0.4 is 10.9 Å². The molecule has 2 atom stereocenters. The third-order valence-electron chi connectivity index (χ3n) is 3.83. The Morgan fingerprint density at radius 2 is 2.11 bits per heavy atom. The molecule has 0 spiro atoms. The van der Waals surface area contributed by atoms with Crippen molar-refractivity contribution in [2.24, 2.45) is 5.92 Å². The van der Waals surface area contributed by atoms with E-state index in [4.69, 9.17) is 0 Å². The lowest BCUT2D eigenvalue weighted by molar-refractivity contribution is 0.331. The van der Waals surface area contributed by atoms with E-state index in [9.17, 15) is 4.79 Å². The molecule has 0 aliphatic heterocycles. The number of nitrogens with one attached hydrogen (secondary N) is 1. The quantitative estimate of drug-likeness (QED) is 0.893. The van der Waals surface area contributed by atoms with Gasteiger partial charge in [-0.1, -0.05) is 38.5 Å². The molecule has 0 fully saturated rings. The predicted octanol–water partition coefficient (Wildman–Crippen LogP) is 2.03. The van der Waals surface area contributed by atoms with Gasteiger partial charge in [-0.3, -0.25) is 4.79 Å². The van der Waals surface area contributed by atoms with Crippen molar-refractivity contribution in [3.63, 3.8) is 0 Å². The molecule has 4 nitrogen and oxygen atoms in total. The van der Waals surface area contributed by atoms with Crippen LogP contribution >= 0.6 is 0 Å². The van der Waals surface area contributed by atoms with E-state index in [2.05, 4.69) is 24.3 Å². The fraction of sp³-hybridized carbons (Fsp3) is 0.467. The summed E-state index contributed by atoms with van der Waals surface area (Å²) in [5.41, 5.74) is -0.0124. The largest absolute Gasteiger partial charge is 0.315 e. The molecule has 4 heteroatoms. The van der Waals surface area contributed by atoms with Gasteiger partial charge in [0.2, 0.25) is 0 Å². The first-order chi connectivity index (χ1) is 9.17. The Labute approximate surface area is 113 Å². The molecule has 0 bridgehead atoms. The monoisotopic (exact) mass is 259 g/mol. The average molecular weight is 259 g/mol. The summed E-state index contributed by atoms with van der Waals surface area (Å²) in [7, 11) is 1.93. The van der Waals surface area contributed by atoms with Gasteiger partial charge in [0, 0.05) is 11.4 Å². The van der Waals surface area contributed by atoms with Gasteiger partial charge < -0.3 is 5.32 Å². The van der Waals surface area contributed by atoms with Gasteiger partial charge >= 0.3 is 0 Å². The highest BCUT2D eigenvalue weighted by atomic mass is 16.1. The maximum absolute atomic E-state index is 12.4. The molecule has 2 aromatic rings. The van der Waals surface area contributed by atoms with Crippen molar-refractivity contribution in [1.29, 1.82) is 0 Å². The molecule has 0 radical (unpaired) electrons. The van der Waals surface area contributed by atoms with Gasteiger partial charge in [0.25, 0.3) is 5.56 Å². The highest BCUT2D eigenvalue weighted by molar-refractivity contribution is 5.80. The Balaban J connectivity index is 2.35. The number of likely N-dealkylation sites (N-methyl/N-ethyl adjacent to an activating group) is 1. The number of rotatable bonds is 5. The van der Waals surface area contributed by atoms with Gasteiger partial charge in [0.05, 0.1) is 18.1 Å². The summed E-state index contributed by atoms with van der Waals surface area (Å²) in [5, 5.41) is 9.18. The van der Waals surface area contributed by atoms with Gasteiger partial charge in [-0.05, 0) is 19.0 Å². The Morgan fingerprint density at radius 1 is 1.37 bits per heavy atom. The lowest BCUT2D eigenvalue weighted by atomic mass is 9.99. The predicted molar refractivity (Wildman–Crippen MR) is 78.3 cm³/mol. The van der Waals surface area contributed by atoms with Gasteiger partial charge in [-0.2, -0.15) is 5.10 Å². The van der Waals surface area contributed by atoms with Gasteiger partial charge in [-0.25, -0.2) is 4.68 Å². The van der Waals surface area contributed by atoms with Crippen LogP contribution in [0.1, 0.15) is 20.3 Å². The number of aromatic nitrogens is 2. The molecule has 19 heavy (non-hydrogen) atoms. The molecule has 102 valence electrons. The van der Waals surface area contributed by atoms with Gasteiger partial charge in [-0.15, -0.1) is 0 Å². The number of fused-ring (bicyclic) bond motifs is 1. The van der Waals surface area contributed by atoms with E-state index in [0.717, 1.165) is 17.2 Å². The van der Waals surface area contributed by atoms with E-state index in [1.165, 1.54) is 0 Å². The highest BCUT2D eigenvalue weighted by Gasteiger charge is 2.15. The van der Waals surface area contributed by atoms with Crippen LogP contribution in [0, 0.1) is 5.92 Å². The molecule has 0 aliphatic rings. The molecule has 2 unspecified atom stereocenters. The number of hydrogen-bond donors (Lipinski definition) is 1. The van der Waals surface area contributed by atoms with Crippen LogP contribution in [0.5, 0.6) is 0 Å². The summed E-state index contributed by atoms with van der Waals surface area (Å²) in [6.07, 6.45) is 2.84. The van der Waals surface area contributed by atoms with Crippen molar-refractivity contribution in [1.82, 2.24) is 15.1 Å².